The monoisotopic (exact) mass is 375 g/mol. The summed E-state index contributed by atoms with van der Waals surface area (Å²) in [5.74, 6) is -1.08. The van der Waals surface area contributed by atoms with Crippen LogP contribution in [0, 0.1) is 44.6 Å². The Labute approximate surface area is 164 Å². The maximum Gasteiger partial charge on any atom is 0.210 e. The largest absolute Gasteiger partial charge is 0.497 e. The molecule has 2 aromatic carbocycles. The van der Waals surface area contributed by atoms with E-state index < -0.39 is 5.92 Å². The number of benzene rings is 2. The number of nitrogens with zero attached hydrogens (tertiary/aromatic N) is 3. The van der Waals surface area contributed by atoms with E-state index in [2.05, 4.69) is 12.1 Å². The first kappa shape index (κ1) is 19.4. The summed E-state index contributed by atoms with van der Waals surface area (Å²) in [6.45, 7) is -0.237. The van der Waals surface area contributed by atoms with Crippen LogP contribution in [0.4, 0.5) is 0 Å². The molecule has 0 fully saturated rings. The molecule has 0 N–H and O–H groups in total. The van der Waals surface area contributed by atoms with E-state index in [0.717, 1.165) is 23.1 Å². The Morgan fingerprint density at radius 2 is 1.86 bits per heavy atom. The molecule has 3 atom stereocenters. The summed E-state index contributed by atoms with van der Waals surface area (Å²) >= 11 is 0. The minimum atomic E-state index is -0.848. The maximum atomic E-state index is 11.5. The second-order valence-corrected chi connectivity index (χ2v) is 7.06. The summed E-state index contributed by atoms with van der Waals surface area (Å²) in [7, 11) is 1.57. The van der Waals surface area contributed by atoms with Crippen molar-refractivity contribution in [2.45, 2.75) is 24.7 Å². The lowest BCUT2D eigenvalue weighted by atomic mass is 9.64. The van der Waals surface area contributed by atoms with E-state index in [1.807, 2.05) is 36.4 Å². The number of rotatable bonds is 6. The molecule has 0 aromatic heterocycles. The molecule has 0 aliphatic heterocycles. The molecular weight excluding hydrogens is 354 g/mol. The molecule has 3 rings (SSSR count). The molecule has 142 valence electrons. The molecule has 0 heterocycles. The van der Waals surface area contributed by atoms with Crippen molar-refractivity contribution in [3.63, 3.8) is 0 Å². The van der Waals surface area contributed by atoms with Crippen LogP contribution in [0.3, 0.4) is 0 Å². The molecule has 0 unspecified atom stereocenters. The van der Waals surface area contributed by atoms with Gasteiger partial charge in [0, 0.05) is 10.8 Å². The van der Waals surface area contributed by atoms with Gasteiger partial charge in [0.2, 0.25) is 6.54 Å². The van der Waals surface area contributed by atoms with Gasteiger partial charge in [-0.05, 0) is 47.6 Å². The van der Waals surface area contributed by atoms with E-state index in [4.69, 9.17) is 4.74 Å². The van der Waals surface area contributed by atoms with Crippen molar-refractivity contribution in [1.82, 2.24) is 0 Å². The second-order valence-electron chi connectivity index (χ2n) is 7.06. The van der Waals surface area contributed by atoms with Gasteiger partial charge in [0.15, 0.2) is 0 Å². The molecule has 1 aliphatic carbocycles. The van der Waals surface area contributed by atoms with Crippen molar-refractivity contribution in [3.8, 4) is 17.9 Å². The Morgan fingerprint density at radius 1 is 1.18 bits per heavy atom. The number of hydrogen-bond acceptors (Lipinski definition) is 5. The summed E-state index contributed by atoms with van der Waals surface area (Å²) in [5, 5.41) is 30.7. The van der Waals surface area contributed by atoms with Crippen molar-refractivity contribution in [2.24, 2.45) is 11.8 Å². The smallest absolute Gasteiger partial charge is 0.210 e. The third-order valence-corrected chi connectivity index (χ3v) is 5.67. The fourth-order valence-corrected chi connectivity index (χ4v) is 4.39. The first-order valence-corrected chi connectivity index (χ1v) is 9.21. The molecule has 0 radical (unpaired) electrons. The molecule has 0 bridgehead atoms. The lowest BCUT2D eigenvalue weighted by molar-refractivity contribution is -0.485. The van der Waals surface area contributed by atoms with Gasteiger partial charge in [-0.2, -0.15) is 10.5 Å². The van der Waals surface area contributed by atoms with E-state index in [0.29, 0.717) is 12.2 Å². The van der Waals surface area contributed by atoms with Crippen LogP contribution in [0.2, 0.25) is 0 Å². The highest BCUT2D eigenvalue weighted by atomic mass is 16.6. The van der Waals surface area contributed by atoms with Gasteiger partial charge >= 0.3 is 0 Å². The molecule has 0 spiro atoms. The van der Waals surface area contributed by atoms with Gasteiger partial charge in [0.05, 0.1) is 25.2 Å². The molecular formula is C22H21N3O3. The van der Waals surface area contributed by atoms with Crippen LogP contribution in [0.15, 0.2) is 48.5 Å². The topological polar surface area (TPSA) is 99.9 Å². The number of methoxy groups -OCH3 is 1. The van der Waals surface area contributed by atoms with Crippen molar-refractivity contribution in [2.75, 3.05) is 13.7 Å². The summed E-state index contributed by atoms with van der Waals surface area (Å²) < 4.78 is 5.20. The SMILES string of the molecule is COc1ccc([C@H](C[N+](=O)[O-])[C@@H]2CCc3ccccc3[C@@H]2C(C#N)C#N)cc1. The Balaban J connectivity index is 2.07. The fraction of sp³-hybridized carbons (Fsp3) is 0.364. The van der Waals surface area contributed by atoms with Crippen LogP contribution in [0.25, 0.3) is 0 Å². The van der Waals surface area contributed by atoms with E-state index in [9.17, 15) is 20.6 Å². The van der Waals surface area contributed by atoms with Crippen molar-refractivity contribution >= 4 is 0 Å². The second kappa shape index (κ2) is 8.54. The predicted molar refractivity (Wildman–Crippen MR) is 103 cm³/mol. The zero-order valence-electron chi connectivity index (χ0n) is 15.6. The van der Waals surface area contributed by atoms with Crippen molar-refractivity contribution in [1.29, 1.82) is 10.5 Å². The van der Waals surface area contributed by atoms with Crippen LogP contribution in [-0.4, -0.2) is 18.6 Å². The van der Waals surface area contributed by atoms with Gasteiger partial charge in [-0.15, -0.1) is 0 Å². The minimum Gasteiger partial charge on any atom is -0.497 e. The van der Waals surface area contributed by atoms with Gasteiger partial charge in [-0.3, -0.25) is 10.1 Å². The molecule has 0 saturated carbocycles. The lowest BCUT2D eigenvalue weighted by Crippen LogP contribution is -2.33. The van der Waals surface area contributed by atoms with E-state index >= 15 is 0 Å². The highest BCUT2D eigenvalue weighted by Crippen LogP contribution is 2.47. The Bertz CT molecular complexity index is 913. The molecule has 1 aliphatic rings. The summed E-state index contributed by atoms with van der Waals surface area (Å²) in [6, 6.07) is 19.3. The number of ether oxygens (including phenoxy) is 1. The van der Waals surface area contributed by atoms with Crippen LogP contribution in [-0.2, 0) is 6.42 Å². The number of aryl methyl sites for hydroxylation is 1. The van der Waals surface area contributed by atoms with Crippen LogP contribution < -0.4 is 4.74 Å². The van der Waals surface area contributed by atoms with Gasteiger partial charge < -0.3 is 4.74 Å². The highest BCUT2D eigenvalue weighted by Gasteiger charge is 2.42. The fourth-order valence-electron chi connectivity index (χ4n) is 4.39. The van der Waals surface area contributed by atoms with E-state index in [-0.39, 0.29) is 29.2 Å². The standard InChI is InChI=1S/C22H21N3O3/c1-28-18-9-6-16(7-10-18)21(14-25(26)27)20-11-8-15-4-2-3-5-19(15)22(20)17(12-23)13-24/h2-7,9-10,17,20-22H,8,11,14H2,1H3/t20-,21-,22-/m0/s1. The number of nitriles is 2. The summed E-state index contributed by atoms with van der Waals surface area (Å²) in [5.41, 5.74) is 2.92. The summed E-state index contributed by atoms with van der Waals surface area (Å²) in [4.78, 5) is 11.2. The minimum absolute atomic E-state index is 0.169. The van der Waals surface area contributed by atoms with Crippen molar-refractivity contribution in [3.05, 3.63) is 75.3 Å². The third kappa shape index (κ3) is 3.82. The predicted octanol–water partition coefficient (Wildman–Crippen LogP) is 4.07. The Hall–Kier alpha value is -3.38. The van der Waals surface area contributed by atoms with Gasteiger partial charge in [-0.25, -0.2) is 0 Å². The zero-order chi connectivity index (χ0) is 20.1. The lowest BCUT2D eigenvalue weighted by Gasteiger charge is -2.38. The zero-order valence-corrected chi connectivity index (χ0v) is 15.6. The van der Waals surface area contributed by atoms with Gasteiger partial charge in [0.25, 0.3) is 0 Å². The molecule has 0 amide bonds. The average Bonchev–Trinajstić information content (AvgIpc) is 2.73. The number of fused-ring (bicyclic) bond motifs is 1. The van der Waals surface area contributed by atoms with Gasteiger partial charge in [0.1, 0.15) is 11.7 Å². The Morgan fingerprint density at radius 3 is 2.46 bits per heavy atom. The normalized spacial score (nSPS) is 19.1. The first-order chi connectivity index (χ1) is 13.6. The highest BCUT2D eigenvalue weighted by molar-refractivity contribution is 5.39. The third-order valence-electron chi connectivity index (χ3n) is 5.67. The van der Waals surface area contributed by atoms with E-state index in [1.165, 1.54) is 0 Å². The van der Waals surface area contributed by atoms with E-state index in [1.54, 1.807) is 19.2 Å². The average molecular weight is 375 g/mol. The quantitative estimate of drug-likeness (QED) is 0.560. The molecule has 0 saturated heterocycles. The summed E-state index contributed by atoms with van der Waals surface area (Å²) in [6.07, 6.45) is 1.48. The molecule has 6 nitrogen and oxygen atoms in total. The molecule has 6 heteroatoms. The molecule has 28 heavy (non-hydrogen) atoms. The van der Waals surface area contributed by atoms with Crippen molar-refractivity contribution < 1.29 is 9.66 Å². The maximum absolute atomic E-state index is 11.5. The van der Waals surface area contributed by atoms with Crippen LogP contribution in [0.1, 0.15) is 34.9 Å². The molecule has 2 aromatic rings. The first-order valence-electron chi connectivity index (χ1n) is 9.21. The van der Waals surface area contributed by atoms with Crippen LogP contribution >= 0.6 is 0 Å². The van der Waals surface area contributed by atoms with Crippen LogP contribution in [0.5, 0.6) is 5.75 Å². The van der Waals surface area contributed by atoms with Gasteiger partial charge in [-0.1, -0.05) is 36.4 Å². The number of hydrogen-bond donors (Lipinski definition) is 0. The number of nitro groups is 1. The Kier molecular flexibility index (Phi) is 5.91.